The standard InChI is InChI=1S/C17H14ClN3O4/c1-10(22)12-7-14(21(2)8-12)17(23)24-9-15-19-20-16(25-15)11-3-5-13(18)6-4-11/h3-8H,9H2,1-2H3. The van der Waals surface area contributed by atoms with Gasteiger partial charge in [-0.1, -0.05) is 11.6 Å². The fourth-order valence-electron chi connectivity index (χ4n) is 2.18. The maximum atomic E-state index is 12.1. The van der Waals surface area contributed by atoms with E-state index in [0.717, 1.165) is 0 Å². The summed E-state index contributed by atoms with van der Waals surface area (Å²) in [6, 6.07) is 8.40. The molecule has 0 amide bonds. The lowest BCUT2D eigenvalue weighted by atomic mass is 10.2. The van der Waals surface area contributed by atoms with Crippen molar-refractivity contribution in [2.45, 2.75) is 13.5 Å². The first-order chi connectivity index (χ1) is 11.9. The van der Waals surface area contributed by atoms with Gasteiger partial charge in [-0.15, -0.1) is 10.2 Å². The molecule has 8 heteroatoms. The Kier molecular flexibility index (Phi) is 4.67. The third-order valence-electron chi connectivity index (χ3n) is 3.51. The van der Waals surface area contributed by atoms with Crippen LogP contribution in [0.3, 0.4) is 0 Å². The van der Waals surface area contributed by atoms with Crippen LogP contribution in [0.2, 0.25) is 5.02 Å². The molecule has 25 heavy (non-hydrogen) atoms. The van der Waals surface area contributed by atoms with Gasteiger partial charge in [0.05, 0.1) is 0 Å². The highest BCUT2D eigenvalue weighted by Gasteiger charge is 2.17. The van der Waals surface area contributed by atoms with E-state index in [0.29, 0.717) is 22.0 Å². The number of hydrogen-bond donors (Lipinski definition) is 0. The summed E-state index contributed by atoms with van der Waals surface area (Å²) in [6.07, 6.45) is 1.57. The summed E-state index contributed by atoms with van der Waals surface area (Å²) >= 11 is 5.83. The zero-order valence-electron chi connectivity index (χ0n) is 13.5. The van der Waals surface area contributed by atoms with E-state index in [2.05, 4.69) is 10.2 Å². The zero-order valence-corrected chi connectivity index (χ0v) is 14.3. The minimum absolute atomic E-state index is 0.126. The molecule has 0 saturated carbocycles. The van der Waals surface area contributed by atoms with E-state index < -0.39 is 5.97 Å². The first-order valence-electron chi connectivity index (χ1n) is 7.37. The molecule has 0 aliphatic heterocycles. The molecule has 0 spiro atoms. The van der Waals surface area contributed by atoms with Gasteiger partial charge in [0.25, 0.3) is 5.89 Å². The van der Waals surface area contributed by atoms with Crippen LogP contribution in [-0.2, 0) is 18.4 Å². The van der Waals surface area contributed by atoms with E-state index in [9.17, 15) is 9.59 Å². The molecule has 1 aromatic carbocycles. The summed E-state index contributed by atoms with van der Waals surface area (Å²) in [5.41, 5.74) is 1.42. The van der Waals surface area contributed by atoms with Gasteiger partial charge in [-0.2, -0.15) is 0 Å². The Labute approximate surface area is 148 Å². The van der Waals surface area contributed by atoms with Crippen molar-refractivity contribution in [2.75, 3.05) is 0 Å². The number of Topliss-reactive ketones (excluding diaryl/α,β-unsaturated/α-hetero) is 1. The minimum Gasteiger partial charge on any atom is -0.451 e. The number of aromatic nitrogens is 3. The fourth-order valence-corrected chi connectivity index (χ4v) is 2.31. The van der Waals surface area contributed by atoms with Gasteiger partial charge in [-0.3, -0.25) is 4.79 Å². The predicted molar refractivity (Wildman–Crippen MR) is 89.3 cm³/mol. The molecule has 3 rings (SSSR count). The summed E-state index contributed by atoms with van der Waals surface area (Å²) in [4.78, 5) is 23.5. The molecule has 2 aromatic heterocycles. The highest BCUT2D eigenvalue weighted by Crippen LogP contribution is 2.20. The Morgan fingerprint density at radius 3 is 2.60 bits per heavy atom. The molecule has 0 fully saturated rings. The summed E-state index contributed by atoms with van der Waals surface area (Å²) in [5, 5.41) is 8.36. The van der Waals surface area contributed by atoms with Crippen molar-refractivity contribution in [1.29, 1.82) is 0 Å². The molecule has 0 saturated heterocycles. The molecule has 3 aromatic rings. The number of carbonyl (C=O) groups is 2. The minimum atomic E-state index is -0.582. The van der Waals surface area contributed by atoms with Crippen LogP contribution in [0.4, 0.5) is 0 Å². The summed E-state index contributed by atoms with van der Waals surface area (Å²) in [6.45, 7) is 1.27. The van der Waals surface area contributed by atoms with Crippen LogP contribution in [-0.4, -0.2) is 26.5 Å². The normalized spacial score (nSPS) is 10.7. The van der Waals surface area contributed by atoms with Gasteiger partial charge >= 0.3 is 5.97 Å². The number of carbonyl (C=O) groups excluding carboxylic acids is 2. The number of rotatable bonds is 5. The summed E-state index contributed by atoms with van der Waals surface area (Å²) in [7, 11) is 1.66. The molecule has 7 nitrogen and oxygen atoms in total. The number of nitrogens with zero attached hydrogens (tertiary/aromatic N) is 3. The Bertz CT molecular complexity index is 928. The highest BCUT2D eigenvalue weighted by atomic mass is 35.5. The van der Waals surface area contributed by atoms with Gasteiger partial charge in [0.15, 0.2) is 12.4 Å². The van der Waals surface area contributed by atoms with Crippen LogP contribution in [0, 0.1) is 0 Å². The SMILES string of the molecule is CC(=O)c1cc(C(=O)OCc2nnc(-c3ccc(Cl)cc3)o2)n(C)c1. The maximum Gasteiger partial charge on any atom is 0.355 e. The number of ether oxygens (including phenoxy) is 1. The van der Waals surface area contributed by atoms with Gasteiger partial charge in [-0.05, 0) is 37.3 Å². The van der Waals surface area contributed by atoms with Crippen LogP contribution >= 0.6 is 11.6 Å². The second-order valence-electron chi connectivity index (χ2n) is 5.37. The molecule has 0 aliphatic rings. The monoisotopic (exact) mass is 359 g/mol. The second kappa shape index (κ2) is 6.90. The second-order valence-corrected chi connectivity index (χ2v) is 5.80. The van der Waals surface area contributed by atoms with Crippen LogP contribution in [0.5, 0.6) is 0 Å². The smallest absolute Gasteiger partial charge is 0.355 e. The van der Waals surface area contributed by atoms with Crippen LogP contribution < -0.4 is 0 Å². The number of hydrogen-bond acceptors (Lipinski definition) is 6. The van der Waals surface area contributed by atoms with Crippen molar-refractivity contribution in [1.82, 2.24) is 14.8 Å². The summed E-state index contributed by atoms with van der Waals surface area (Å²) < 4.78 is 12.2. The van der Waals surface area contributed by atoms with Gasteiger partial charge in [0.1, 0.15) is 5.69 Å². The number of esters is 1. The number of ketones is 1. The lowest BCUT2D eigenvalue weighted by molar-refractivity contribution is 0.0427. The van der Waals surface area contributed by atoms with E-state index in [-0.39, 0.29) is 24.0 Å². The van der Waals surface area contributed by atoms with Crippen molar-refractivity contribution in [3.8, 4) is 11.5 Å². The predicted octanol–water partition coefficient (Wildman–Crippen LogP) is 3.29. The molecule has 0 bridgehead atoms. The average molecular weight is 360 g/mol. The average Bonchev–Trinajstić information content (AvgIpc) is 3.20. The number of aryl methyl sites for hydroxylation is 1. The van der Waals surface area contributed by atoms with Crippen molar-refractivity contribution in [3.63, 3.8) is 0 Å². The molecule has 0 unspecified atom stereocenters. The van der Waals surface area contributed by atoms with Crippen LogP contribution in [0.25, 0.3) is 11.5 Å². The Hall–Kier alpha value is -2.93. The molecule has 128 valence electrons. The molecule has 0 atom stereocenters. The van der Waals surface area contributed by atoms with E-state index in [4.69, 9.17) is 20.8 Å². The molecular formula is C17H14ClN3O4. The van der Waals surface area contributed by atoms with Gasteiger partial charge in [-0.25, -0.2) is 4.79 Å². The molecule has 0 N–H and O–H groups in total. The third-order valence-corrected chi connectivity index (χ3v) is 3.76. The Morgan fingerprint density at radius 2 is 1.96 bits per heavy atom. The Balaban J connectivity index is 1.67. The van der Waals surface area contributed by atoms with Crippen molar-refractivity contribution in [2.24, 2.45) is 7.05 Å². The maximum absolute atomic E-state index is 12.1. The number of benzene rings is 1. The molecule has 0 radical (unpaired) electrons. The lowest BCUT2D eigenvalue weighted by Gasteiger charge is -2.02. The topological polar surface area (TPSA) is 87.2 Å². The van der Waals surface area contributed by atoms with E-state index >= 15 is 0 Å². The van der Waals surface area contributed by atoms with E-state index in [1.807, 2.05) is 0 Å². The first kappa shape index (κ1) is 16.9. The largest absolute Gasteiger partial charge is 0.451 e. The van der Waals surface area contributed by atoms with Gasteiger partial charge < -0.3 is 13.7 Å². The van der Waals surface area contributed by atoms with Gasteiger partial charge in [0, 0.05) is 29.4 Å². The Morgan fingerprint density at radius 1 is 1.24 bits per heavy atom. The number of halogens is 1. The van der Waals surface area contributed by atoms with Gasteiger partial charge in [0.2, 0.25) is 5.89 Å². The molecule has 2 heterocycles. The highest BCUT2D eigenvalue weighted by molar-refractivity contribution is 6.30. The fraction of sp³-hybridized carbons (Fsp3) is 0.176. The van der Waals surface area contributed by atoms with E-state index in [1.54, 1.807) is 37.5 Å². The van der Waals surface area contributed by atoms with Crippen LogP contribution in [0.15, 0.2) is 40.9 Å². The van der Waals surface area contributed by atoms with Crippen LogP contribution in [0.1, 0.15) is 33.7 Å². The molecular weight excluding hydrogens is 346 g/mol. The zero-order chi connectivity index (χ0) is 18.0. The van der Waals surface area contributed by atoms with Crippen molar-refractivity contribution < 1.29 is 18.7 Å². The quantitative estimate of drug-likeness (QED) is 0.513. The van der Waals surface area contributed by atoms with Crippen molar-refractivity contribution in [3.05, 3.63) is 58.7 Å². The third kappa shape index (κ3) is 3.77. The molecule has 0 aliphatic carbocycles. The first-order valence-corrected chi connectivity index (χ1v) is 7.74. The van der Waals surface area contributed by atoms with Crippen molar-refractivity contribution >= 4 is 23.4 Å². The summed E-state index contributed by atoms with van der Waals surface area (Å²) in [5.74, 6) is -0.236. The van der Waals surface area contributed by atoms with E-state index in [1.165, 1.54) is 17.6 Å². The lowest BCUT2D eigenvalue weighted by Crippen LogP contribution is -2.09.